The Morgan fingerprint density at radius 3 is 2.78 bits per heavy atom. The topological polar surface area (TPSA) is 67.4 Å². The van der Waals surface area contributed by atoms with E-state index in [0.29, 0.717) is 19.3 Å². The lowest BCUT2D eigenvalue weighted by atomic mass is 10.0. The SMILES string of the molecule is CC1CC(NS(=O)(=O)CC2CCOC2)CCN1.Cl. The van der Waals surface area contributed by atoms with E-state index in [1.165, 1.54) is 0 Å². The zero-order chi connectivity index (χ0) is 12.3. The molecule has 0 aliphatic carbocycles. The Morgan fingerprint density at radius 2 is 2.17 bits per heavy atom. The molecule has 2 aliphatic heterocycles. The number of rotatable bonds is 4. The third kappa shape index (κ3) is 5.01. The van der Waals surface area contributed by atoms with E-state index < -0.39 is 10.0 Å². The third-order valence-electron chi connectivity index (χ3n) is 3.45. The first-order valence-corrected chi connectivity index (χ1v) is 8.01. The van der Waals surface area contributed by atoms with E-state index in [1.54, 1.807) is 0 Å². The third-order valence-corrected chi connectivity index (χ3v) is 5.05. The van der Waals surface area contributed by atoms with Crippen molar-refractivity contribution >= 4 is 22.4 Å². The van der Waals surface area contributed by atoms with Crippen LogP contribution in [-0.4, -0.2) is 46.0 Å². The molecular weight excluding hydrogens is 276 g/mol. The largest absolute Gasteiger partial charge is 0.381 e. The van der Waals surface area contributed by atoms with Crippen molar-refractivity contribution in [2.24, 2.45) is 5.92 Å². The Morgan fingerprint density at radius 1 is 1.39 bits per heavy atom. The summed E-state index contributed by atoms with van der Waals surface area (Å²) in [5, 5.41) is 3.32. The van der Waals surface area contributed by atoms with Crippen LogP contribution >= 0.6 is 12.4 Å². The first kappa shape index (κ1) is 16.2. The van der Waals surface area contributed by atoms with Crippen LogP contribution in [0.5, 0.6) is 0 Å². The van der Waals surface area contributed by atoms with Gasteiger partial charge in [-0.05, 0) is 38.6 Å². The first-order chi connectivity index (χ1) is 8.05. The van der Waals surface area contributed by atoms with Gasteiger partial charge in [0.25, 0.3) is 0 Å². The Hall–Kier alpha value is 0.120. The Balaban J connectivity index is 0.00000162. The quantitative estimate of drug-likeness (QED) is 0.793. The van der Waals surface area contributed by atoms with Crippen molar-refractivity contribution in [1.29, 1.82) is 0 Å². The minimum Gasteiger partial charge on any atom is -0.381 e. The van der Waals surface area contributed by atoms with Crippen molar-refractivity contribution in [3.8, 4) is 0 Å². The van der Waals surface area contributed by atoms with E-state index in [0.717, 1.165) is 25.8 Å². The standard InChI is InChI=1S/C11H22N2O3S.ClH/c1-9-6-11(2-4-12-9)13-17(14,15)8-10-3-5-16-7-10;/h9-13H,2-8H2,1H3;1H. The second-order valence-electron chi connectivity index (χ2n) is 5.21. The molecule has 2 saturated heterocycles. The second-order valence-corrected chi connectivity index (χ2v) is 7.00. The maximum absolute atomic E-state index is 12.0. The monoisotopic (exact) mass is 298 g/mol. The molecule has 3 unspecified atom stereocenters. The molecule has 2 heterocycles. The molecule has 5 nitrogen and oxygen atoms in total. The van der Waals surface area contributed by atoms with Gasteiger partial charge in [0.1, 0.15) is 0 Å². The maximum Gasteiger partial charge on any atom is 0.212 e. The van der Waals surface area contributed by atoms with Gasteiger partial charge in [-0.1, -0.05) is 0 Å². The molecule has 18 heavy (non-hydrogen) atoms. The molecule has 0 amide bonds. The number of hydrogen-bond donors (Lipinski definition) is 2. The van der Waals surface area contributed by atoms with Crippen LogP contribution in [-0.2, 0) is 14.8 Å². The molecule has 2 fully saturated rings. The summed E-state index contributed by atoms with van der Waals surface area (Å²) in [4.78, 5) is 0. The van der Waals surface area contributed by atoms with Gasteiger partial charge >= 0.3 is 0 Å². The zero-order valence-corrected chi connectivity index (χ0v) is 12.4. The number of piperidine rings is 1. The number of ether oxygens (including phenoxy) is 1. The van der Waals surface area contributed by atoms with E-state index in [2.05, 4.69) is 17.0 Å². The maximum atomic E-state index is 12.0. The van der Waals surface area contributed by atoms with Crippen LogP contribution in [0.2, 0.25) is 0 Å². The van der Waals surface area contributed by atoms with E-state index in [-0.39, 0.29) is 30.1 Å². The van der Waals surface area contributed by atoms with Crippen LogP contribution in [0.3, 0.4) is 0 Å². The van der Waals surface area contributed by atoms with E-state index in [4.69, 9.17) is 4.74 Å². The lowest BCUT2D eigenvalue weighted by molar-refractivity contribution is 0.188. The number of sulfonamides is 1. The molecule has 0 radical (unpaired) electrons. The molecule has 2 aliphatic rings. The van der Waals surface area contributed by atoms with Crippen molar-refractivity contribution in [2.45, 2.75) is 38.3 Å². The van der Waals surface area contributed by atoms with Gasteiger partial charge in [-0.2, -0.15) is 0 Å². The van der Waals surface area contributed by atoms with Gasteiger partial charge in [0.05, 0.1) is 12.4 Å². The van der Waals surface area contributed by atoms with Crippen LogP contribution in [0.25, 0.3) is 0 Å². The summed E-state index contributed by atoms with van der Waals surface area (Å²) in [6.45, 7) is 4.26. The van der Waals surface area contributed by atoms with Gasteiger partial charge < -0.3 is 10.1 Å². The van der Waals surface area contributed by atoms with Gasteiger partial charge in [-0.3, -0.25) is 0 Å². The highest BCUT2D eigenvalue weighted by Gasteiger charge is 2.27. The molecule has 0 aromatic rings. The summed E-state index contributed by atoms with van der Waals surface area (Å²) in [7, 11) is -3.15. The summed E-state index contributed by atoms with van der Waals surface area (Å²) >= 11 is 0. The molecule has 2 rings (SSSR count). The minimum absolute atomic E-state index is 0. The highest BCUT2D eigenvalue weighted by Crippen LogP contribution is 2.16. The lowest BCUT2D eigenvalue weighted by Crippen LogP contribution is -2.47. The molecule has 0 spiro atoms. The van der Waals surface area contributed by atoms with E-state index in [9.17, 15) is 8.42 Å². The minimum atomic E-state index is -3.15. The summed E-state index contributed by atoms with van der Waals surface area (Å²) in [6.07, 6.45) is 2.62. The summed E-state index contributed by atoms with van der Waals surface area (Å²) in [5.41, 5.74) is 0. The predicted molar refractivity (Wildman–Crippen MR) is 73.6 cm³/mol. The predicted octanol–water partition coefficient (Wildman–Crippen LogP) is 0.505. The number of nitrogens with one attached hydrogen (secondary N) is 2. The number of hydrogen-bond acceptors (Lipinski definition) is 4. The van der Waals surface area contributed by atoms with Crippen LogP contribution in [0.1, 0.15) is 26.2 Å². The lowest BCUT2D eigenvalue weighted by Gasteiger charge is -2.28. The first-order valence-electron chi connectivity index (χ1n) is 6.36. The van der Waals surface area contributed by atoms with Gasteiger partial charge in [0.15, 0.2) is 0 Å². The molecule has 108 valence electrons. The van der Waals surface area contributed by atoms with E-state index in [1.807, 2.05) is 0 Å². The smallest absolute Gasteiger partial charge is 0.212 e. The van der Waals surface area contributed by atoms with Crippen molar-refractivity contribution in [2.75, 3.05) is 25.5 Å². The molecule has 0 aromatic carbocycles. The highest BCUT2D eigenvalue weighted by molar-refractivity contribution is 7.89. The highest BCUT2D eigenvalue weighted by atomic mass is 35.5. The van der Waals surface area contributed by atoms with Gasteiger partial charge in [0.2, 0.25) is 10.0 Å². The van der Waals surface area contributed by atoms with Crippen LogP contribution in [0.4, 0.5) is 0 Å². The van der Waals surface area contributed by atoms with Crippen molar-refractivity contribution < 1.29 is 13.2 Å². The second kappa shape index (κ2) is 7.05. The van der Waals surface area contributed by atoms with Crippen LogP contribution in [0, 0.1) is 5.92 Å². The van der Waals surface area contributed by atoms with Crippen LogP contribution in [0.15, 0.2) is 0 Å². The average molecular weight is 299 g/mol. The fourth-order valence-corrected chi connectivity index (χ4v) is 4.27. The molecule has 0 aromatic heterocycles. The van der Waals surface area contributed by atoms with Crippen molar-refractivity contribution in [3.05, 3.63) is 0 Å². The summed E-state index contributed by atoms with van der Waals surface area (Å²) in [5.74, 6) is 0.386. The Labute approximate surface area is 116 Å². The van der Waals surface area contributed by atoms with Crippen molar-refractivity contribution in [1.82, 2.24) is 10.0 Å². The van der Waals surface area contributed by atoms with Crippen molar-refractivity contribution in [3.63, 3.8) is 0 Å². The van der Waals surface area contributed by atoms with Crippen LogP contribution < -0.4 is 10.0 Å². The van der Waals surface area contributed by atoms with E-state index >= 15 is 0 Å². The average Bonchev–Trinajstić information content (AvgIpc) is 2.68. The summed E-state index contributed by atoms with van der Waals surface area (Å²) in [6, 6.07) is 0.491. The molecule has 2 N–H and O–H groups in total. The molecule has 0 saturated carbocycles. The van der Waals surface area contributed by atoms with Gasteiger partial charge in [-0.15, -0.1) is 12.4 Å². The number of halogens is 1. The molecular formula is C11H23ClN2O3S. The van der Waals surface area contributed by atoms with Gasteiger partial charge in [-0.25, -0.2) is 13.1 Å². The zero-order valence-electron chi connectivity index (χ0n) is 10.7. The Bertz CT molecular complexity index is 344. The molecule has 3 atom stereocenters. The fourth-order valence-electron chi connectivity index (χ4n) is 2.57. The summed E-state index contributed by atoms with van der Waals surface area (Å²) < 4.78 is 32.0. The Kier molecular flexibility index (Phi) is 6.34. The molecule has 7 heteroatoms. The van der Waals surface area contributed by atoms with Gasteiger partial charge in [0, 0.05) is 18.7 Å². The fraction of sp³-hybridized carbons (Fsp3) is 1.00. The molecule has 0 bridgehead atoms. The normalized spacial score (nSPS) is 33.1.